The van der Waals surface area contributed by atoms with Crippen molar-refractivity contribution in [3.8, 4) is 0 Å². The molecule has 0 aliphatic heterocycles. The summed E-state index contributed by atoms with van der Waals surface area (Å²) in [7, 11) is 4.31. The third-order valence-electron chi connectivity index (χ3n) is 5.69. The van der Waals surface area contributed by atoms with Crippen LogP contribution in [0.15, 0.2) is 0 Å². The molecule has 0 radical (unpaired) electrons. The van der Waals surface area contributed by atoms with Crippen molar-refractivity contribution in [2.75, 3.05) is 20.6 Å². The molecule has 0 aromatic heterocycles. The maximum Gasteiger partial charge on any atom is 0.223 e. The third-order valence-corrected chi connectivity index (χ3v) is 5.69. The first-order valence-corrected chi connectivity index (χ1v) is 8.64. The number of halogens is 2. The molecule has 0 saturated heterocycles. The monoisotopic (exact) mass is 367 g/mol. The summed E-state index contributed by atoms with van der Waals surface area (Å²) >= 11 is 0. The Balaban J connectivity index is 0.00000242. The van der Waals surface area contributed by atoms with Crippen molar-refractivity contribution in [1.82, 2.24) is 10.2 Å². The normalized spacial score (nSPS) is 34.2. The Labute approximate surface area is 154 Å². The second-order valence-electron chi connectivity index (χ2n) is 7.66. The zero-order valence-corrected chi connectivity index (χ0v) is 16.5. The van der Waals surface area contributed by atoms with Gasteiger partial charge in [0.25, 0.3) is 0 Å². The second-order valence-corrected chi connectivity index (χ2v) is 7.66. The lowest BCUT2D eigenvalue weighted by molar-refractivity contribution is -0.127. The minimum Gasteiger partial charge on any atom is -0.354 e. The minimum absolute atomic E-state index is 0. The van der Waals surface area contributed by atoms with Crippen LogP contribution in [0.3, 0.4) is 0 Å². The molecule has 1 amide bonds. The van der Waals surface area contributed by atoms with Gasteiger partial charge in [-0.1, -0.05) is 26.2 Å². The van der Waals surface area contributed by atoms with Crippen molar-refractivity contribution < 1.29 is 4.79 Å². The molecule has 2 aliphatic rings. The summed E-state index contributed by atoms with van der Waals surface area (Å²) in [6.07, 6.45) is 8.99. The van der Waals surface area contributed by atoms with Gasteiger partial charge in [0.1, 0.15) is 0 Å². The average Bonchev–Trinajstić information content (AvgIpc) is 2.44. The smallest absolute Gasteiger partial charge is 0.223 e. The summed E-state index contributed by atoms with van der Waals surface area (Å²) in [4.78, 5) is 14.8. The predicted octanol–water partition coefficient (Wildman–Crippen LogP) is 2.97. The molecule has 4 nitrogen and oxygen atoms in total. The van der Waals surface area contributed by atoms with Gasteiger partial charge in [0.05, 0.1) is 0 Å². The van der Waals surface area contributed by atoms with Gasteiger partial charge < -0.3 is 16.0 Å². The number of amides is 1. The van der Waals surface area contributed by atoms with Crippen molar-refractivity contribution in [2.24, 2.45) is 17.6 Å². The quantitative estimate of drug-likeness (QED) is 0.802. The van der Waals surface area contributed by atoms with Crippen molar-refractivity contribution in [3.63, 3.8) is 0 Å². The van der Waals surface area contributed by atoms with Crippen molar-refractivity contribution in [1.29, 1.82) is 0 Å². The SMILES string of the molecule is CC1CCCC(CNC(=O)C2CCCC(N)C2)(N(C)C)C1.Cl.Cl. The van der Waals surface area contributed by atoms with Crippen LogP contribution in [0.2, 0.25) is 0 Å². The average molecular weight is 368 g/mol. The molecule has 4 atom stereocenters. The highest BCUT2D eigenvalue weighted by Crippen LogP contribution is 2.35. The second kappa shape index (κ2) is 10.1. The molecule has 0 spiro atoms. The topological polar surface area (TPSA) is 58.4 Å². The first kappa shape index (κ1) is 23.0. The molecule has 2 aliphatic carbocycles. The highest BCUT2D eigenvalue weighted by Gasteiger charge is 2.37. The van der Waals surface area contributed by atoms with Gasteiger partial charge in [0, 0.05) is 24.0 Å². The fourth-order valence-electron chi connectivity index (χ4n) is 4.22. The molecule has 4 unspecified atom stereocenters. The van der Waals surface area contributed by atoms with Crippen LogP contribution in [0.1, 0.15) is 58.3 Å². The zero-order chi connectivity index (χ0) is 15.5. The highest BCUT2D eigenvalue weighted by molar-refractivity contribution is 5.85. The fourth-order valence-corrected chi connectivity index (χ4v) is 4.22. The summed E-state index contributed by atoms with van der Waals surface area (Å²) in [5.41, 5.74) is 6.15. The first-order chi connectivity index (χ1) is 9.93. The Morgan fingerprint density at radius 3 is 2.48 bits per heavy atom. The van der Waals surface area contributed by atoms with E-state index in [1.807, 2.05) is 0 Å². The van der Waals surface area contributed by atoms with E-state index in [1.165, 1.54) is 25.7 Å². The standard InChI is InChI=1S/C17H33N3O.2ClH/c1-13-6-5-9-17(11-13,20(2)3)12-19-16(21)14-7-4-8-15(18)10-14;;/h13-15H,4-12,18H2,1-3H3,(H,19,21);2*1H. The van der Waals surface area contributed by atoms with Crippen LogP contribution < -0.4 is 11.1 Å². The van der Waals surface area contributed by atoms with Gasteiger partial charge in [-0.25, -0.2) is 0 Å². The van der Waals surface area contributed by atoms with Crippen LogP contribution in [0, 0.1) is 11.8 Å². The molecule has 0 heterocycles. The number of likely N-dealkylation sites (N-methyl/N-ethyl adjacent to an activating group) is 1. The van der Waals surface area contributed by atoms with Crippen LogP contribution >= 0.6 is 24.8 Å². The molecule has 138 valence electrons. The fraction of sp³-hybridized carbons (Fsp3) is 0.941. The van der Waals surface area contributed by atoms with Crippen molar-refractivity contribution in [2.45, 2.75) is 69.9 Å². The van der Waals surface area contributed by atoms with Gasteiger partial charge in [-0.05, 0) is 52.1 Å². The molecule has 6 heteroatoms. The van der Waals surface area contributed by atoms with E-state index in [2.05, 4.69) is 31.2 Å². The number of carbonyl (C=O) groups is 1. The van der Waals surface area contributed by atoms with E-state index in [0.29, 0.717) is 0 Å². The van der Waals surface area contributed by atoms with Gasteiger partial charge in [-0.2, -0.15) is 0 Å². The molecule has 2 fully saturated rings. The maximum absolute atomic E-state index is 12.4. The molecule has 2 saturated carbocycles. The molecule has 2 rings (SSSR count). The Bertz CT molecular complexity index is 368. The lowest BCUT2D eigenvalue weighted by Crippen LogP contribution is -2.55. The summed E-state index contributed by atoms with van der Waals surface area (Å²) in [6, 6.07) is 0.215. The summed E-state index contributed by atoms with van der Waals surface area (Å²) in [5.74, 6) is 1.11. The Morgan fingerprint density at radius 2 is 1.91 bits per heavy atom. The van der Waals surface area contributed by atoms with Crippen LogP contribution in [0.5, 0.6) is 0 Å². The number of carbonyl (C=O) groups excluding carboxylic acids is 1. The molecule has 0 aromatic carbocycles. The maximum atomic E-state index is 12.4. The molecular formula is C17H35Cl2N3O. The Morgan fingerprint density at radius 1 is 1.22 bits per heavy atom. The summed E-state index contributed by atoms with van der Waals surface area (Å²) < 4.78 is 0. The third kappa shape index (κ3) is 6.08. The Kier molecular flexibility index (Phi) is 10.1. The number of hydrogen-bond acceptors (Lipinski definition) is 3. The highest BCUT2D eigenvalue weighted by atomic mass is 35.5. The van der Waals surface area contributed by atoms with E-state index in [4.69, 9.17) is 5.73 Å². The van der Waals surface area contributed by atoms with E-state index in [1.54, 1.807) is 0 Å². The van der Waals surface area contributed by atoms with Crippen LogP contribution in [0.4, 0.5) is 0 Å². The van der Waals surface area contributed by atoms with E-state index in [-0.39, 0.29) is 48.2 Å². The van der Waals surface area contributed by atoms with Crippen molar-refractivity contribution in [3.05, 3.63) is 0 Å². The van der Waals surface area contributed by atoms with Gasteiger partial charge >= 0.3 is 0 Å². The van der Waals surface area contributed by atoms with Crippen LogP contribution in [0.25, 0.3) is 0 Å². The number of nitrogens with zero attached hydrogens (tertiary/aromatic N) is 1. The Hall–Kier alpha value is -0.0300. The van der Waals surface area contributed by atoms with E-state index in [9.17, 15) is 4.79 Å². The number of rotatable bonds is 4. The molecular weight excluding hydrogens is 333 g/mol. The lowest BCUT2D eigenvalue weighted by Gasteiger charge is -2.45. The minimum atomic E-state index is 0. The predicted molar refractivity (Wildman–Crippen MR) is 101 cm³/mol. The number of nitrogens with two attached hydrogens (primary N) is 1. The molecule has 0 aromatic rings. The van der Waals surface area contributed by atoms with Gasteiger partial charge in [-0.15, -0.1) is 24.8 Å². The van der Waals surface area contributed by atoms with E-state index < -0.39 is 0 Å². The van der Waals surface area contributed by atoms with E-state index in [0.717, 1.165) is 38.1 Å². The molecule has 0 bridgehead atoms. The first-order valence-electron chi connectivity index (χ1n) is 8.64. The lowest BCUT2D eigenvalue weighted by atomic mass is 9.75. The van der Waals surface area contributed by atoms with Gasteiger partial charge in [-0.3, -0.25) is 4.79 Å². The molecule has 3 N–H and O–H groups in total. The summed E-state index contributed by atoms with van der Waals surface area (Å²) in [5, 5.41) is 3.25. The van der Waals surface area contributed by atoms with Crippen molar-refractivity contribution >= 4 is 30.7 Å². The number of hydrogen-bond donors (Lipinski definition) is 2. The van der Waals surface area contributed by atoms with Crippen LogP contribution in [-0.4, -0.2) is 43.0 Å². The van der Waals surface area contributed by atoms with Gasteiger partial charge in [0.15, 0.2) is 0 Å². The largest absolute Gasteiger partial charge is 0.354 e. The molecule has 23 heavy (non-hydrogen) atoms. The summed E-state index contributed by atoms with van der Waals surface area (Å²) in [6.45, 7) is 3.12. The number of nitrogens with one attached hydrogen (secondary N) is 1. The van der Waals surface area contributed by atoms with Gasteiger partial charge in [0.2, 0.25) is 5.91 Å². The van der Waals surface area contributed by atoms with E-state index >= 15 is 0 Å². The van der Waals surface area contributed by atoms with Crippen LogP contribution in [-0.2, 0) is 4.79 Å². The zero-order valence-electron chi connectivity index (χ0n) is 14.8.